The number of nitriles is 3. The van der Waals surface area contributed by atoms with E-state index >= 15 is 0 Å². The third-order valence-electron chi connectivity index (χ3n) is 4.01. The first kappa shape index (κ1) is 19.4. The van der Waals surface area contributed by atoms with Gasteiger partial charge in [-0.3, -0.25) is 9.36 Å². The van der Waals surface area contributed by atoms with Crippen molar-refractivity contribution < 1.29 is 5.11 Å². The van der Waals surface area contributed by atoms with Crippen molar-refractivity contribution in [3.8, 4) is 24.1 Å². The van der Waals surface area contributed by atoms with Crippen LogP contribution >= 0.6 is 0 Å². The standard InChI is InChI=1S/C19H16N6O2/c1-3-4-7-25-18(26)16(11-22)12(2)17(19(25)27)24-23-15-6-5-13(9-20)14(8-15)10-21/h5-6,8,26H,3-4,7H2,1-2H3. The van der Waals surface area contributed by atoms with E-state index in [9.17, 15) is 15.2 Å². The Hall–Kier alpha value is -3.96. The van der Waals surface area contributed by atoms with Gasteiger partial charge in [-0.05, 0) is 31.5 Å². The monoisotopic (exact) mass is 360 g/mol. The third kappa shape index (κ3) is 3.84. The summed E-state index contributed by atoms with van der Waals surface area (Å²) in [6.07, 6.45) is 1.46. The minimum atomic E-state index is -0.546. The zero-order chi connectivity index (χ0) is 20.0. The largest absolute Gasteiger partial charge is 0.493 e. The zero-order valence-corrected chi connectivity index (χ0v) is 14.9. The Bertz CT molecular complexity index is 1090. The van der Waals surface area contributed by atoms with Crippen LogP contribution < -0.4 is 5.56 Å². The summed E-state index contributed by atoms with van der Waals surface area (Å²) in [4.78, 5) is 12.7. The van der Waals surface area contributed by atoms with E-state index in [-0.39, 0.29) is 46.1 Å². The molecule has 27 heavy (non-hydrogen) atoms. The Kier molecular flexibility index (Phi) is 6.04. The van der Waals surface area contributed by atoms with Gasteiger partial charge in [-0.2, -0.15) is 20.9 Å². The molecule has 0 atom stereocenters. The molecule has 1 aromatic carbocycles. The van der Waals surface area contributed by atoms with Crippen molar-refractivity contribution >= 4 is 11.4 Å². The fraction of sp³-hybridized carbons (Fsp3) is 0.263. The number of unbranched alkanes of at least 4 members (excludes halogenated alkanes) is 1. The molecule has 0 amide bonds. The van der Waals surface area contributed by atoms with Crippen LogP contribution in [0.2, 0.25) is 0 Å². The van der Waals surface area contributed by atoms with E-state index in [2.05, 4.69) is 10.2 Å². The van der Waals surface area contributed by atoms with Crippen LogP contribution in [0.1, 0.15) is 42.0 Å². The Morgan fingerprint density at radius 2 is 1.81 bits per heavy atom. The van der Waals surface area contributed by atoms with Gasteiger partial charge in [0.05, 0.1) is 16.8 Å². The summed E-state index contributed by atoms with van der Waals surface area (Å²) in [6.45, 7) is 3.71. The number of hydrogen-bond donors (Lipinski definition) is 1. The van der Waals surface area contributed by atoms with Gasteiger partial charge in [-0.15, -0.1) is 5.11 Å². The van der Waals surface area contributed by atoms with Crippen molar-refractivity contribution in [2.45, 2.75) is 33.2 Å². The molecule has 134 valence electrons. The lowest BCUT2D eigenvalue weighted by Gasteiger charge is -2.12. The van der Waals surface area contributed by atoms with Gasteiger partial charge in [0, 0.05) is 12.1 Å². The highest BCUT2D eigenvalue weighted by molar-refractivity contribution is 5.57. The topological polar surface area (TPSA) is 138 Å². The van der Waals surface area contributed by atoms with Crippen LogP contribution in [0.25, 0.3) is 0 Å². The van der Waals surface area contributed by atoms with Crippen LogP contribution in [-0.2, 0) is 6.54 Å². The highest BCUT2D eigenvalue weighted by Crippen LogP contribution is 2.27. The Morgan fingerprint density at radius 1 is 1.11 bits per heavy atom. The van der Waals surface area contributed by atoms with E-state index in [1.807, 2.05) is 25.1 Å². The summed E-state index contributed by atoms with van der Waals surface area (Å²) in [5.41, 5.74) is 0.248. The van der Waals surface area contributed by atoms with E-state index in [4.69, 9.17) is 10.5 Å². The molecule has 1 N–H and O–H groups in total. The van der Waals surface area contributed by atoms with Gasteiger partial charge in [0.25, 0.3) is 5.56 Å². The molecule has 0 spiro atoms. The first-order valence-corrected chi connectivity index (χ1v) is 8.20. The fourth-order valence-electron chi connectivity index (χ4n) is 2.47. The maximum absolute atomic E-state index is 12.7. The molecule has 0 unspecified atom stereocenters. The lowest BCUT2D eigenvalue weighted by atomic mass is 10.1. The van der Waals surface area contributed by atoms with Crippen molar-refractivity contribution in [2.24, 2.45) is 10.2 Å². The average Bonchev–Trinajstić information content (AvgIpc) is 2.68. The van der Waals surface area contributed by atoms with Crippen LogP contribution in [0.5, 0.6) is 5.88 Å². The molecule has 0 aliphatic carbocycles. The quantitative estimate of drug-likeness (QED) is 0.810. The second kappa shape index (κ2) is 8.42. The Morgan fingerprint density at radius 3 is 2.41 bits per heavy atom. The predicted molar refractivity (Wildman–Crippen MR) is 96.8 cm³/mol. The highest BCUT2D eigenvalue weighted by Gasteiger charge is 2.18. The van der Waals surface area contributed by atoms with Crippen LogP contribution in [-0.4, -0.2) is 9.67 Å². The van der Waals surface area contributed by atoms with Gasteiger partial charge in [0.1, 0.15) is 23.8 Å². The molecule has 0 bridgehead atoms. The second-order valence-electron chi connectivity index (χ2n) is 5.75. The normalized spacial score (nSPS) is 10.3. The maximum atomic E-state index is 12.7. The molecule has 1 heterocycles. The number of rotatable bonds is 5. The minimum absolute atomic E-state index is 0.0304. The average molecular weight is 360 g/mol. The summed E-state index contributed by atoms with van der Waals surface area (Å²) in [5.74, 6) is -0.377. The first-order valence-electron chi connectivity index (χ1n) is 8.20. The van der Waals surface area contributed by atoms with Crippen molar-refractivity contribution in [3.05, 3.63) is 50.8 Å². The Labute approximate surface area is 155 Å². The van der Waals surface area contributed by atoms with Crippen LogP contribution in [0.4, 0.5) is 11.4 Å². The summed E-state index contributed by atoms with van der Waals surface area (Å²) in [6, 6.07) is 10.0. The molecule has 8 heteroatoms. The van der Waals surface area contributed by atoms with E-state index in [0.29, 0.717) is 6.42 Å². The summed E-state index contributed by atoms with van der Waals surface area (Å²) in [7, 11) is 0. The van der Waals surface area contributed by atoms with Crippen LogP contribution in [0.3, 0.4) is 0 Å². The number of benzene rings is 1. The molecule has 0 aliphatic rings. The molecule has 0 radical (unpaired) electrons. The summed E-state index contributed by atoms with van der Waals surface area (Å²) in [5, 5.41) is 45.5. The summed E-state index contributed by atoms with van der Waals surface area (Å²) < 4.78 is 1.11. The molecule has 2 rings (SSSR count). The van der Waals surface area contributed by atoms with Gasteiger partial charge < -0.3 is 5.11 Å². The van der Waals surface area contributed by atoms with Gasteiger partial charge in [0.15, 0.2) is 5.69 Å². The number of azo groups is 1. The van der Waals surface area contributed by atoms with Crippen molar-refractivity contribution in [1.29, 1.82) is 15.8 Å². The molecule has 1 aromatic heterocycles. The molecule has 0 fully saturated rings. The van der Waals surface area contributed by atoms with Crippen LogP contribution in [0.15, 0.2) is 33.2 Å². The molecular weight excluding hydrogens is 344 g/mol. The Balaban J connectivity index is 2.58. The molecule has 2 aromatic rings. The smallest absolute Gasteiger partial charge is 0.281 e. The number of hydrogen-bond acceptors (Lipinski definition) is 7. The van der Waals surface area contributed by atoms with Crippen molar-refractivity contribution in [3.63, 3.8) is 0 Å². The van der Waals surface area contributed by atoms with Crippen LogP contribution in [0, 0.1) is 40.9 Å². The van der Waals surface area contributed by atoms with Crippen molar-refractivity contribution in [1.82, 2.24) is 4.57 Å². The first-order chi connectivity index (χ1) is 13.0. The molecule has 8 nitrogen and oxygen atoms in total. The van der Waals surface area contributed by atoms with Gasteiger partial charge in [-0.25, -0.2) is 0 Å². The molecule has 0 saturated heterocycles. The SMILES string of the molecule is CCCCn1c(O)c(C#N)c(C)c(N=Nc2ccc(C#N)c(C#N)c2)c1=O. The van der Waals surface area contributed by atoms with E-state index < -0.39 is 5.56 Å². The van der Waals surface area contributed by atoms with Gasteiger partial charge in [0.2, 0.25) is 5.88 Å². The van der Waals surface area contributed by atoms with Gasteiger partial charge >= 0.3 is 0 Å². The van der Waals surface area contributed by atoms with Crippen molar-refractivity contribution in [2.75, 3.05) is 0 Å². The summed E-state index contributed by atoms with van der Waals surface area (Å²) >= 11 is 0. The molecule has 0 aliphatic heterocycles. The zero-order valence-electron chi connectivity index (χ0n) is 14.9. The second-order valence-corrected chi connectivity index (χ2v) is 5.75. The molecular formula is C19H16N6O2. The number of aromatic hydroxyl groups is 1. The number of nitrogens with zero attached hydrogens (tertiary/aromatic N) is 6. The van der Waals surface area contributed by atoms with E-state index in [1.54, 1.807) is 0 Å². The van der Waals surface area contributed by atoms with Gasteiger partial charge in [-0.1, -0.05) is 13.3 Å². The number of aromatic nitrogens is 1. The highest BCUT2D eigenvalue weighted by atomic mass is 16.3. The number of pyridine rings is 1. The lowest BCUT2D eigenvalue weighted by molar-refractivity contribution is 0.399. The maximum Gasteiger partial charge on any atom is 0.281 e. The molecule has 0 saturated carbocycles. The fourth-order valence-corrected chi connectivity index (χ4v) is 2.47. The van der Waals surface area contributed by atoms with E-state index in [1.165, 1.54) is 25.1 Å². The minimum Gasteiger partial charge on any atom is -0.493 e. The van der Waals surface area contributed by atoms with E-state index in [0.717, 1.165) is 11.0 Å². The third-order valence-corrected chi connectivity index (χ3v) is 4.01. The predicted octanol–water partition coefficient (Wildman–Crippen LogP) is 3.69. The lowest BCUT2D eigenvalue weighted by Crippen LogP contribution is -2.22.